The zero-order chi connectivity index (χ0) is 14.9. The standard InChI is InChI=1S/C18H24N2O/c1-18(2)11-8-14(9-12-18)17(21)16-10-13-19-20(16)15-6-4-3-5-7-15/h3-7,10,13-14,17,21H,8-9,11-12H2,1-2H3. The smallest absolute Gasteiger partial charge is 0.0989 e. The number of para-hydroxylation sites is 1. The molecule has 1 atom stereocenters. The van der Waals surface area contributed by atoms with Crippen molar-refractivity contribution >= 4 is 0 Å². The van der Waals surface area contributed by atoms with Gasteiger partial charge < -0.3 is 5.11 Å². The van der Waals surface area contributed by atoms with Crippen molar-refractivity contribution in [1.29, 1.82) is 0 Å². The van der Waals surface area contributed by atoms with Crippen molar-refractivity contribution in [2.75, 3.05) is 0 Å². The molecule has 1 aromatic heterocycles. The van der Waals surface area contributed by atoms with Crippen LogP contribution in [0, 0.1) is 11.3 Å². The highest BCUT2D eigenvalue weighted by Crippen LogP contribution is 2.42. The van der Waals surface area contributed by atoms with Crippen molar-refractivity contribution in [3.8, 4) is 5.69 Å². The van der Waals surface area contributed by atoms with Crippen LogP contribution in [0.4, 0.5) is 0 Å². The van der Waals surface area contributed by atoms with Crippen LogP contribution in [0.25, 0.3) is 5.69 Å². The van der Waals surface area contributed by atoms with E-state index in [-0.39, 0.29) is 0 Å². The fraction of sp³-hybridized carbons (Fsp3) is 0.500. The van der Waals surface area contributed by atoms with Crippen molar-refractivity contribution in [3.05, 3.63) is 48.3 Å². The van der Waals surface area contributed by atoms with E-state index in [0.717, 1.165) is 24.2 Å². The summed E-state index contributed by atoms with van der Waals surface area (Å²) >= 11 is 0. The van der Waals surface area contributed by atoms with Gasteiger partial charge in [0, 0.05) is 6.20 Å². The number of aliphatic hydroxyl groups excluding tert-OH is 1. The average molecular weight is 284 g/mol. The van der Waals surface area contributed by atoms with Gasteiger partial charge in [-0.2, -0.15) is 5.10 Å². The summed E-state index contributed by atoms with van der Waals surface area (Å²) in [5.74, 6) is 0.345. The molecule has 21 heavy (non-hydrogen) atoms. The molecule has 1 fully saturated rings. The molecule has 1 aliphatic carbocycles. The molecular formula is C18H24N2O. The molecule has 0 radical (unpaired) electrons. The first-order chi connectivity index (χ1) is 10.1. The van der Waals surface area contributed by atoms with E-state index in [0.29, 0.717) is 11.3 Å². The Morgan fingerprint density at radius 1 is 1.14 bits per heavy atom. The summed E-state index contributed by atoms with van der Waals surface area (Å²) in [4.78, 5) is 0. The first kappa shape index (κ1) is 14.3. The van der Waals surface area contributed by atoms with Gasteiger partial charge in [-0.25, -0.2) is 4.68 Å². The molecule has 3 rings (SSSR count). The quantitative estimate of drug-likeness (QED) is 0.920. The molecular weight excluding hydrogens is 260 g/mol. The third-order valence-electron chi connectivity index (χ3n) is 4.81. The Bertz CT molecular complexity index is 578. The van der Waals surface area contributed by atoms with Crippen molar-refractivity contribution < 1.29 is 5.11 Å². The summed E-state index contributed by atoms with van der Waals surface area (Å²) in [7, 11) is 0. The molecule has 0 saturated heterocycles. The van der Waals surface area contributed by atoms with Gasteiger partial charge in [-0.05, 0) is 55.2 Å². The normalized spacial score (nSPS) is 20.3. The van der Waals surface area contributed by atoms with Crippen LogP contribution in [-0.2, 0) is 0 Å². The van der Waals surface area contributed by atoms with Gasteiger partial charge in [0.15, 0.2) is 0 Å². The number of nitrogens with zero attached hydrogens (tertiary/aromatic N) is 2. The Hall–Kier alpha value is -1.61. The van der Waals surface area contributed by atoms with Crippen LogP contribution in [0.3, 0.4) is 0 Å². The van der Waals surface area contributed by atoms with Crippen LogP contribution in [0.1, 0.15) is 51.3 Å². The number of benzene rings is 1. The zero-order valence-electron chi connectivity index (χ0n) is 12.9. The fourth-order valence-corrected chi connectivity index (χ4v) is 3.30. The second-order valence-corrected chi connectivity index (χ2v) is 6.95. The van der Waals surface area contributed by atoms with Crippen molar-refractivity contribution in [3.63, 3.8) is 0 Å². The summed E-state index contributed by atoms with van der Waals surface area (Å²) in [6.07, 6.45) is 5.91. The molecule has 3 nitrogen and oxygen atoms in total. The van der Waals surface area contributed by atoms with E-state index in [4.69, 9.17) is 0 Å². The van der Waals surface area contributed by atoms with E-state index in [1.54, 1.807) is 6.20 Å². The molecule has 112 valence electrons. The van der Waals surface area contributed by atoms with E-state index in [1.807, 2.05) is 41.1 Å². The summed E-state index contributed by atoms with van der Waals surface area (Å²) in [6, 6.07) is 12.0. The average Bonchev–Trinajstić information content (AvgIpc) is 2.97. The van der Waals surface area contributed by atoms with E-state index in [2.05, 4.69) is 18.9 Å². The van der Waals surface area contributed by atoms with Gasteiger partial charge in [0.2, 0.25) is 0 Å². The minimum Gasteiger partial charge on any atom is -0.387 e. The molecule has 3 heteroatoms. The maximum atomic E-state index is 10.8. The fourth-order valence-electron chi connectivity index (χ4n) is 3.30. The Kier molecular flexibility index (Phi) is 3.85. The number of hydrogen-bond donors (Lipinski definition) is 1. The van der Waals surface area contributed by atoms with E-state index >= 15 is 0 Å². The highest BCUT2D eigenvalue weighted by Gasteiger charge is 2.32. The molecule has 1 aromatic carbocycles. The summed E-state index contributed by atoms with van der Waals surface area (Å²) < 4.78 is 1.87. The van der Waals surface area contributed by atoms with Gasteiger partial charge in [-0.1, -0.05) is 32.0 Å². The van der Waals surface area contributed by atoms with Crippen molar-refractivity contribution in [2.24, 2.45) is 11.3 Å². The maximum Gasteiger partial charge on any atom is 0.0989 e. The van der Waals surface area contributed by atoms with Crippen LogP contribution in [0.2, 0.25) is 0 Å². The molecule has 0 bridgehead atoms. The Labute approximate surface area is 126 Å². The molecule has 1 unspecified atom stereocenters. The van der Waals surface area contributed by atoms with Crippen LogP contribution in [0.15, 0.2) is 42.6 Å². The van der Waals surface area contributed by atoms with Crippen LogP contribution in [0.5, 0.6) is 0 Å². The predicted octanol–water partition coefficient (Wildman–Crippen LogP) is 4.12. The molecule has 1 aliphatic rings. The Balaban J connectivity index is 1.80. The molecule has 0 amide bonds. The minimum atomic E-state index is -0.427. The monoisotopic (exact) mass is 284 g/mol. The Morgan fingerprint density at radius 3 is 2.48 bits per heavy atom. The second kappa shape index (κ2) is 5.64. The van der Waals surface area contributed by atoms with Gasteiger partial charge in [0.1, 0.15) is 0 Å². The van der Waals surface area contributed by atoms with Crippen LogP contribution in [-0.4, -0.2) is 14.9 Å². The molecule has 1 heterocycles. The van der Waals surface area contributed by atoms with Gasteiger partial charge in [0.05, 0.1) is 17.5 Å². The van der Waals surface area contributed by atoms with Crippen LogP contribution >= 0.6 is 0 Å². The lowest BCUT2D eigenvalue weighted by molar-refractivity contribution is 0.0522. The zero-order valence-corrected chi connectivity index (χ0v) is 12.9. The summed E-state index contributed by atoms with van der Waals surface area (Å²) in [5, 5.41) is 15.2. The molecule has 1 saturated carbocycles. The third-order valence-corrected chi connectivity index (χ3v) is 4.81. The topological polar surface area (TPSA) is 38.1 Å². The lowest BCUT2D eigenvalue weighted by Crippen LogP contribution is -2.26. The summed E-state index contributed by atoms with van der Waals surface area (Å²) in [5.41, 5.74) is 2.34. The van der Waals surface area contributed by atoms with Crippen molar-refractivity contribution in [1.82, 2.24) is 9.78 Å². The van der Waals surface area contributed by atoms with Gasteiger partial charge in [-0.3, -0.25) is 0 Å². The van der Waals surface area contributed by atoms with E-state index < -0.39 is 6.10 Å². The highest BCUT2D eigenvalue weighted by molar-refractivity contribution is 5.33. The predicted molar refractivity (Wildman–Crippen MR) is 84.3 cm³/mol. The lowest BCUT2D eigenvalue weighted by Gasteiger charge is -2.36. The van der Waals surface area contributed by atoms with Gasteiger partial charge >= 0.3 is 0 Å². The maximum absolute atomic E-state index is 10.8. The van der Waals surface area contributed by atoms with Gasteiger partial charge in [-0.15, -0.1) is 0 Å². The van der Waals surface area contributed by atoms with Gasteiger partial charge in [0.25, 0.3) is 0 Å². The third kappa shape index (κ3) is 3.03. The number of aromatic nitrogens is 2. The van der Waals surface area contributed by atoms with Crippen molar-refractivity contribution in [2.45, 2.75) is 45.6 Å². The summed E-state index contributed by atoms with van der Waals surface area (Å²) in [6.45, 7) is 4.65. The first-order valence-corrected chi connectivity index (χ1v) is 7.84. The largest absolute Gasteiger partial charge is 0.387 e. The number of aliphatic hydroxyl groups is 1. The molecule has 0 aliphatic heterocycles. The molecule has 1 N–H and O–H groups in total. The number of rotatable bonds is 3. The molecule has 0 spiro atoms. The number of hydrogen-bond acceptors (Lipinski definition) is 2. The Morgan fingerprint density at radius 2 is 1.81 bits per heavy atom. The minimum absolute atomic E-state index is 0.345. The highest BCUT2D eigenvalue weighted by atomic mass is 16.3. The SMILES string of the molecule is CC1(C)CCC(C(O)c2ccnn2-c2ccccc2)CC1. The lowest BCUT2D eigenvalue weighted by atomic mass is 9.71. The first-order valence-electron chi connectivity index (χ1n) is 7.84. The van der Waals surface area contributed by atoms with E-state index in [9.17, 15) is 5.11 Å². The van der Waals surface area contributed by atoms with E-state index in [1.165, 1.54) is 12.8 Å². The second-order valence-electron chi connectivity index (χ2n) is 6.95. The van der Waals surface area contributed by atoms with Crippen LogP contribution < -0.4 is 0 Å². The molecule has 2 aromatic rings.